The quantitative estimate of drug-likeness (QED) is 0.0810. The molecular formula is C20H18N6O10PdS3. The number of nitro benzene ring substituents is 4. The van der Waals surface area contributed by atoms with E-state index < -0.39 is 54.3 Å². The Bertz CT molecular complexity index is 1130. The van der Waals surface area contributed by atoms with Gasteiger partial charge in [-0.3, -0.25) is 51.0 Å². The Balaban J connectivity index is 0.00000800. The predicted molar refractivity (Wildman–Crippen MR) is 148 cm³/mol. The van der Waals surface area contributed by atoms with E-state index in [1.54, 1.807) is 11.8 Å². The van der Waals surface area contributed by atoms with E-state index in [9.17, 15) is 50.0 Å². The van der Waals surface area contributed by atoms with Crippen LogP contribution in [-0.4, -0.2) is 60.3 Å². The van der Waals surface area contributed by atoms with Crippen LogP contribution in [0.1, 0.15) is 0 Å². The summed E-state index contributed by atoms with van der Waals surface area (Å²) < 4.78 is 0. The second-order valence-electron chi connectivity index (χ2n) is 7.13. The van der Waals surface area contributed by atoms with Gasteiger partial charge in [0.2, 0.25) is 5.91 Å². The van der Waals surface area contributed by atoms with Crippen LogP contribution in [0, 0.1) is 46.2 Å². The van der Waals surface area contributed by atoms with Crippen molar-refractivity contribution in [2.75, 3.05) is 34.1 Å². The fourth-order valence-electron chi connectivity index (χ4n) is 2.71. The molecule has 0 aliphatic heterocycles. The number of thioether (sulfide) groups is 3. The van der Waals surface area contributed by atoms with E-state index in [2.05, 4.69) is 10.6 Å². The van der Waals surface area contributed by atoms with Crippen molar-refractivity contribution in [3.8, 4) is 0 Å². The van der Waals surface area contributed by atoms with Gasteiger partial charge in [0.25, 0.3) is 22.7 Å². The summed E-state index contributed by atoms with van der Waals surface area (Å²) >= 11 is 4.00. The average molecular weight is 705 g/mol. The molecule has 216 valence electrons. The fourth-order valence-corrected chi connectivity index (χ4v) is 5.42. The third-order valence-electron chi connectivity index (χ3n) is 4.29. The van der Waals surface area contributed by atoms with Gasteiger partial charge in [-0.05, 0) is 5.75 Å². The standard InChI is InChI=1S/C20H19N6O10S3.Pd/c27-19(21-13-5-15(23(29)30)9-16(6-13)24(31)32)11-38-3-1-37-2-4-39-12-20(28)22-14-7-17(25(33)34)10-18(8-14)26(35)36;/h5-11H,1-4,12H2,(H2,21,22,27,28);/q-1;+2/p-1. The molecular weight excluding hydrogens is 687 g/mol. The third-order valence-corrected chi connectivity index (χ3v) is 7.56. The Morgan fingerprint density at radius 3 is 1.68 bits per heavy atom. The van der Waals surface area contributed by atoms with Gasteiger partial charge in [0.05, 0.1) is 43.3 Å². The molecule has 0 heterocycles. The summed E-state index contributed by atoms with van der Waals surface area (Å²) in [5.74, 6) is 2.52. The number of carbonyl (C=O) groups is 2. The van der Waals surface area contributed by atoms with E-state index >= 15 is 0 Å². The minimum absolute atomic E-state index is 0. The fraction of sp³-hybridized carbons (Fsp3) is 0.250. The molecule has 0 atom stereocenters. The topological polar surface area (TPSA) is 233 Å². The van der Waals surface area contributed by atoms with Crippen LogP contribution in [0.4, 0.5) is 34.1 Å². The molecule has 2 aromatic carbocycles. The molecule has 0 saturated carbocycles. The van der Waals surface area contributed by atoms with Gasteiger partial charge in [-0.1, -0.05) is 5.91 Å². The van der Waals surface area contributed by atoms with Crippen LogP contribution in [0.5, 0.6) is 0 Å². The maximum Gasteiger partial charge on any atom is 2.00 e. The number of hydrogen-bond acceptors (Lipinski definition) is 13. The van der Waals surface area contributed by atoms with Gasteiger partial charge < -0.3 is 27.2 Å². The smallest absolute Gasteiger partial charge is 0.653 e. The molecule has 0 saturated heterocycles. The van der Waals surface area contributed by atoms with Crippen LogP contribution in [0.2, 0.25) is 0 Å². The van der Waals surface area contributed by atoms with Crippen molar-refractivity contribution < 1.29 is 49.7 Å². The Morgan fingerprint density at radius 1 is 0.725 bits per heavy atom. The molecule has 2 amide bonds. The summed E-state index contributed by atoms with van der Waals surface area (Å²) in [6.07, 6.45) is 0. The van der Waals surface area contributed by atoms with Gasteiger partial charge in [-0.2, -0.15) is 23.5 Å². The van der Waals surface area contributed by atoms with Crippen molar-refractivity contribution in [1.82, 2.24) is 0 Å². The van der Waals surface area contributed by atoms with Crippen molar-refractivity contribution in [1.29, 1.82) is 0 Å². The van der Waals surface area contributed by atoms with E-state index in [-0.39, 0.29) is 37.6 Å². The maximum atomic E-state index is 12.1. The van der Waals surface area contributed by atoms with E-state index in [0.29, 0.717) is 23.0 Å². The molecule has 0 fully saturated rings. The summed E-state index contributed by atoms with van der Waals surface area (Å²) in [7, 11) is 0. The van der Waals surface area contributed by atoms with Crippen molar-refractivity contribution in [2.45, 2.75) is 0 Å². The van der Waals surface area contributed by atoms with E-state index in [1.807, 2.05) is 0 Å². The molecule has 16 nitrogen and oxygen atoms in total. The molecule has 40 heavy (non-hydrogen) atoms. The van der Waals surface area contributed by atoms with Gasteiger partial charge in [-0.15, -0.1) is 5.69 Å². The number of nitrogens with one attached hydrogen (secondary N) is 1. The monoisotopic (exact) mass is 704 g/mol. The maximum absolute atomic E-state index is 12.1. The van der Waals surface area contributed by atoms with Crippen molar-refractivity contribution in [3.05, 3.63) is 87.9 Å². The number of anilines is 1. The molecule has 2 rings (SSSR count). The zero-order chi connectivity index (χ0) is 28.9. The molecule has 2 aromatic rings. The first-order valence-electron chi connectivity index (χ1n) is 10.5. The Labute approximate surface area is 252 Å². The first-order valence-corrected chi connectivity index (χ1v) is 13.9. The molecule has 0 aliphatic rings. The van der Waals surface area contributed by atoms with Crippen molar-refractivity contribution in [3.63, 3.8) is 0 Å². The summed E-state index contributed by atoms with van der Waals surface area (Å²) in [5, 5.41) is 49.7. The second-order valence-corrected chi connectivity index (χ2v) is 10.4. The Hall–Kier alpha value is -3.44. The average Bonchev–Trinajstić information content (AvgIpc) is 2.87. The molecule has 20 heteroatoms. The van der Waals surface area contributed by atoms with Crippen LogP contribution >= 0.6 is 35.3 Å². The molecule has 0 radical (unpaired) electrons. The van der Waals surface area contributed by atoms with Crippen molar-refractivity contribution >= 4 is 81.2 Å². The molecule has 0 spiro atoms. The van der Waals surface area contributed by atoms with Gasteiger partial charge >= 0.3 is 20.4 Å². The van der Waals surface area contributed by atoms with Crippen LogP contribution in [0.25, 0.3) is 5.32 Å². The first-order chi connectivity index (χ1) is 18.5. The Kier molecular flexibility index (Phi) is 15.0. The minimum Gasteiger partial charge on any atom is -0.653 e. The zero-order valence-corrected chi connectivity index (χ0v) is 23.9. The predicted octanol–water partition coefficient (Wildman–Crippen LogP) is 4.85. The van der Waals surface area contributed by atoms with E-state index in [0.717, 1.165) is 48.2 Å². The van der Waals surface area contributed by atoms with E-state index in [1.165, 1.54) is 17.5 Å². The molecule has 0 aromatic heterocycles. The largest absolute Gasteiger partial charge is 2.00 e. The SMILES string of the molecule is O=C([CH-]SCCSCCSCC(=O)Nc1cc([N+](=O)[O-])cc([N+](=O)[O-])c1)[N-]c1cc([N+](=O)[O-])cc([N+](=O)[O-])c1.[Pd+2]. The van der Waals surface area contributed by atoms with Gasteiger partial charge in [0.15, 0.2) is 0 Å². The summed E-state index contributed by atoms with van der Waals surface area (Å²) in [6, 6.07) is 5.57. The molecule has 0 bridgehead atoms. The Morgan fingerprint density at radius 2 is 1.18 bits per heavy atom. The van der Waals surface area contributed by atoms with Crippen LogP contribution < -0.4 is 5.32 Å². The van der Waals surface area contributed by atoms with Crippen molar-refractivity contribution in [2.24, 2.45) is 0 Å². The number of hydrogen-bond donors (Lipinski definition) is 1. The summed E-state index contributed by atoms with van der Waals surface area (Å²) in [5.41, 5.74) is -2.37. The number of benzene rings is 2. The normalized spacial score (nSPS) is 10.1. The van der Waals surface area contributed by atoms with Gasteiger partial charge in [0.1, 0.15) is 0 Å². The third kappa shape index (κ3) is 12.2. The number of rotatable bonds is 16. The second kappa shape index (κ2) is 17.3. The number of amides is 2. The first kappa shape index (κ1) is 34.6. The molecule has 0 unspecified atom stereocenters. The van der Waals surface area contributed by atoms with Crippen LogP contribution in [-0.2, 0) is 30.0 Å². The molecule has 0 aliphatic carbocycles. The van der Waals surface area contributed by atoms with Crippen LogP contribution in [0.3, 0.4) is 0 Å². The summed E-state index contributed by atoms with van der Waals surface area (Å²) in [6.45, 7) is 0. The number of carbonyl (C=O) groups excluding carboxylic acids is 2. The van der Waals surface area contributed by atoms with E-state index in [4.69, 9.17) is 0 Å². The summed E-state index contributed by atoms with van der Waals surface area (Å²) in [4.78, 5) is 64.4. The van der Waals surface area contributed by atoms with Gasteiger partial charge in [-0.25, -0.2) is 0 Å². The van der Waals surface area contributed by atoms with Gasteiger partial charge in [0, 0.05) is 41.5 Å². The number of nitrogens with zero attached hydrogens (tertiary/aromatic N) is 5. The minimum atomic E-state index is -0.817. The number of non-ortho nitro benzene ring substituents is 4. The number of nitro groups is 4. The zero-order valence-electron chi connectivity index (χ0n) is 19.9. The van der Waals surface area contributed by atoms with Crippen LogP contribution in [0.15, 0.2) is 36.4 Å². The molecule has 1 N–H and O–H groups in total.